The van der Waals surface area contributed by atoms with E-state index in [1.807, 2.05) is 48.9 Å². The molecule has 0 saturated heterocycles. The molecule has 7 heteroatoms. The lowest BCUT2D eigenvalue weighted by Crippen LogP contribution is -2.25. The van der Waals surface area contributed by atoms with Crippen molar-refractivity contribution in [2.75, 3.05) is 12.3 Å². The van der Waals surface area contributed by atoms with Crippen molar-refractivity contribution in [3.05, 3.63) is 30.3 Å². The van der Waals surface area contributed by atoms with Gasteiger partial charge in [0.2, 0.25) is 5.91 Å². The highest BCUT2D eigenvalue weighted by molar-refractivity contribution is 7.99. The van der Waals surface area contributed by atoms with Crippen LogP contribution in [0, 0.1) is 0 Å². The summed E-state index contributed by atoms with van der Waals surface area (Å²) in [5.41, 5.74) is 1.97. The topological polar surface area (TPSA) is 73.0 Å². The molecule has 0 radical (unpaired) electrons. The van der Waals surface area contributed by atoms with Crippen molar-refractivity contribution in [3.8, 4) is 11.6 Å². The predicted molar refractivity (Wildman–Crippen MR) is 90.2 cm³/mol. The summed E-state index contributed by atoms with van der Waals surface area (Å²) in [7, 11) is 1.97. The average Bonchev–Trinajstić information content (AvgIpc) is 3.16. The van der Waals surface area contributed by atoms with Gasteiger partial charge in [-0.25, -0.2) is 0 Å². The summed E-state index contributed by atoms with van der Waals surface area (Å²) >= 11 is 1.25. The van der Waals surface area contributed by atoms with Crippen LogP contribution in [-0.4, -0.2) is 33.0 Å². The van der Waals surface area contributed by atoms with E-state index in [0.717, 1.165) is 23.0 Å². The maximum atomic E-state index is 11.6. The van der Waals surface area contributed by atoms with Crippen LogP contribution >= 0.6 is 11.8 Å². The van der Waals surface area contributed by atoms with E-state index in [4.69, 9.17) is 4.42 Å². The Bertz CT molecular complexity index is 824. The molecule has 0 aliphatic rings. The van der Waals surface area contributed by atoms with Gasteiger partial charge in [0.05, 0.1) is 5.75 Å². The van der Waals surface area contributed by atoms with E-state index < -0.39 is 0 Å². The standard InChI is InChI=1S/C16H18N4O2S/c1-3-8-17-14(21)10-23-16-19-18-15(22-16)13-9-11-6-4-5-7-12(11)20(13)2/h4-7,9H,3,8,10H2,1-2H3,(H,17,21). The van der Waals surface area contributed by atoms with Gasteiger partial charge in [0.15, 0.2) is 0 Å². The van der Waals surface area contributed by atoms with Gasteiger partial charge >= 0.3 is 0 Å². The summed E-state index contributed by atoms with van der Waals surface area (Å²) in [6, 6.07) is 10.1. The first-order chi connectivity index (χ1) is 11.2. The second-order valence-corrected chi connectivity index (χ2v) is 6.09. The zero-order chi connectivity index (χ0) is 16.2. The molecule has 0 bridgehead atoms. The summed E-state index contributed by atoms with van der Waals surface area (Å²) in [5.74, 6) is 0.706. The molecule has 1 amide bonds. The number of para-hydroxylation sites is 1. The van der Waals surface area contributed by atoms with Crippen LogP contribution in [0.2, 0.25) is 0 Å². The monoisotopic (exact) mass is 330 g/mol. The third kappa shape index (κ3) is 3.39. The van der Waals surface area contributed by atoms with Crippen molar-refractivity contribution in [1.82, 2.24) is 20.1 Å². The zero-order valence-corrected chi connectivity index (χ0v) is 13.9. The number of thioether (sulfide) groups is 1. The number of nitrogens with zero attached hydrogens (tertiary/aromatic N) is 3. The van der Waals surface area contributed by atoms with Crippen molar-refractivity contribution >= 4 is 28.6 Å². The van der Waals surface area contributed by atoms with E-state index in [9.17, 15) is 4.79 Å². The largest absolute Gasteiger partial charge is 0.410 e. The Morgan fingerprint density at radius 2 is 2.17 bits per heavy atom. The average molecular weight is 330 g/mol. The van der Waals surface area contributed by atoms with Crippen LogP contribution in [0.4, 0.5) is 0 Å². The number of hydrogen-bond donors (Lipinski definition) is 1. The van der Waals surface area contributed by atoms with Gasteiger partial charge < -0.3 is 14.3 Å². The van der Waals surface area contributed by atoms with Crippen LogP contribution in [-0.2, 0) is 11.8 Å². The summed E-state index contributed by atoms with van der Waals surface area (Å²) in [4.78, 5) is 11.6. The second-order valence-electron chi connectivity index (χ2n) is 5.16. The number of amides is 1. The van der Waals surface area contributed by atoms with Crippen LogP contribution in [0.3, 0.4) is 0 Å². The number of aryl methyl sites for hydroxylation is 1. The number of fused-ring (bicyclic) bond motifs is 1. The van der Waals surface area contributed by atoms with E-state index >= 15 is 0 Å². The molecule has 3 aromatic rings. The SMILES string of the molecule is CCCNC(=O)CSc1nnc(-c2cc3ccccc3n2C)o1. The van der Waals surface area contributed by atoms with Gasteiger partial charge in [0.1, 0.15) is 5.69 Å². The normalized spacial score (nSPS) is 11.0. The molecule has 0 fully saturated rings. The number of benzene rings is 1. The van der Waals surface area contributed by atoms with E-state index in [1.165, 1.54) is 11.8 Å². The number of aromatic nitrogens is 3. The van der Waals surface area contributed by atoms with Crippen molar-refractivity contribution < 1.29 is 9.21 Å². The fraction of sp³-hybridized carbons (Fsp3) is 0.312. The summed E-state index contributed by atoms with van der Waals surface area (Å²) < 4.78 is 7.69. The number of hydrogen-bond acceptors (Lipinski definition) is 5. The first kappa shape index (κ1) is 15.6. The Morgan fingerprint density at radius 1 is 1.35 bits per heavy atom. The molecule has 2 aromatic heterocycles. The lowest BCUT2D eigenvalue weighted by atomic mass is 10.2. The Balaban J connectivity index is 1.73. The number of carbonyl (C=O) groups excluding carboxylic acids is 1. The molecule has 1 N–H and O–H groups in total. The van der Waals surface area contributed by atoms with Crippen molar-refractivity contribution in [2.24, 2.45) is 7.05 Å². The van der Waals surface area contributed by atoms with Crippen molar-refractivity contribution in [3.63, 3.8) is 0 Å². The Hall–Kier alpha value is -2.28. The molecular weight excluding hydrogens is 312 g/mol. The number of nitrogens with one attached hydrogen (secondary N) is 1. The van der Waals surface area contributed by atoms with Gasteiger partial charge in [0.25, 0.3) is 11.1 Å². The number of carbonyl (C=O) groups is 1. The van der Waals surface area contributed by atoms with Crippen LogP contribution in [0.5, 0.6) is 0 Å². The highest BCUT2D eigenvalue weighted by Crippen LogP contribution is 2.28. The van der Waals surface area contributed by atoms with Gasteiger partial charge in [-0.15, -0.1) is 10.2 Å². The highest BCUT2D eigenvalue weighted by atomic mass is 32.2. The van der Waals surface area contributed by atoms with E-state index in [-0.39, 0.29) is 11.7 Å². The quantitative estimate of drug-likeness (QED) is 0.704. The summed E-state index contributed by atoms with van der Waals surface area (Å²) in [5, 5.41) is 12.4. The Labute approximate surface area is 138 Å². The molecule has 6 nitrogen and oxygen atoms in total. The molecule has 2 heterocycles. The van der Waals surface area contributed by atoms with Crippen LogP contribution in [0.15, 0.2) is 40.0 Å². The molecule has 3 rings (SSSR count). The van der Waals surface area contributed by atoms with Gasteiger partial charge in [-0.2, -0.15) is 0 Å². The molecule has 23 heavy (non-hydrogen) atoms. The lowest BCUT2D eigenvalue weighted by Gasteiger charge is -2.00. The third-order valence-corrected chi connectivity index (χ3v) is 4.29. The fourth-order valence-corrected chi connectivity index (χ4v) is 2.90. The molecule has 0 atom stereocenters. The minimum absolute atomic E-state index is 0.0267. The minimum Gasteiger partial charge on any atom is -0.410 e. The van der Waals surface area contributed by atoms with Crippen LogP contribution in [0.1, 0.15) is 13.3 Å². The van der Waals surface area contributed by atoms with Crippen molar-refractivity contribution in [1.29, 1.82) is 0 Å². The first-order valence-electron chi connectivity index (χ1n) is 7.47. The van der Waals surface area contributed by atoms with E-state index in [1.54, 1.807) is 0 Å². The van der Waals surface area contributed by atoms with Gasteiger partial charge in [-0.1, -0.05) is 36.9 Å². The Morgan fingerprint density at radius 3 is 2.96 bits per heavy atom. The van der Waals surface area contributed by atoms with Crippen LogP contribution < -0.4 is 5.32 Å². The molecular formula is C16H18N4O2S. The smallest absolute Gasteiger partial charge is 0.277 e. The third-order valence-electron chi connectivity index (χ3n) is 3.48. The zero-order valence-electron chi connectivity index (χ0n) is 13.1. The Kier molecular flexibility index (Phi) is 4.66. The molecule has 0 spiro atoms. The molecule has 1 aromatic carbocycles. The summed E-state index contributed by atoms with van der Waals surface area (Å²) in [6.07, 6.45) is 0.919. The molecule has 0 aliphatic carbocycles. The minimum atomic E-state index is -0.0267. The second kappa shape index (κ2) is 6.87. The lowest BCUT2D eigenvalue weighted by molar-refractivity contribution is -0.118. The number of rotatable bonds is 6. The van der Waals surface area contributed by atoms with E-state index in [2.05, 4.69) is 15.5 Å². The van der Waals surface area contributed by atoms with Gasteiger partial charge in [0, 0.05) is 24.5 Å². The van der Waals surface area contributed by atoms with Crippen LogP contribution in [0.25, 0.3) is 22.5 Å². The molecule has 0 aliphatic heterocycles. The summed E-state index contributed by atoms with van der Waals surface area (Å²) in [6.45, 7) is 2.70. The maximum absolute atomic E-state index is 11.6. The molecule has 0 saturated carbocycles. The highest BCUT2D eigenvalue weighted by Gasteiger charge is 2.15. The fourth-order valence-electron chi connectivity index (χ4n) is 2.31. The molecule has 0 unspecified atom stereocenters. The van der Waals surface area contributed by atoms with Gasteiger partial charge in [-0.3, -0.25) is 4.79 Å². The van der Waals surface area contributed by atoms with Crippen molar-refractivity contribution in [2.45, 2.75) is 18.6 Å². The van der Waals surface area contributed by atoms with E-state index in [0.29, 0.717) is 17.7 Å². The maximum Gasteiger partial charge on any atom is 0.277 e. The first-order valence-corrected chi connectivity index (χ1v) is 8.45. The predicted octanol–water partition coefficient (Wildman–Crippen LogP) is 2.85. The molecule has 120 valence electrons. The van der Waals surface area contributed by atoms with Gasteiger partial charge in [-0.05, 0) is 18.6 Å².